The summed E-state index contributed by atoms with van der Waals surface area (Å²) in [5.74, 6) is -1.71. The lowest BCUT2D eigenvalue weighted by atomic mass is 9.66. The predicted octanol–water partition coefficient (Wildman–Crippen LogP) is 1.82. The first-order valence-electron chi connectivity index (χ1n) is 8.90. The van der Waals surface area contributed by atoms with Crippen LogP contribution in [-0.2, 0) is 9.59 Å². The molecule has 1 aliphatic heterocycles. The lowest BCUT2D eigenvalue weighted by Gasteiger charge is -2.36. The molecule has 2 N–H and O–H groups in total. The van der Waals surface area contributed by atoms with Gasteiger partial charge in [0.15, 0.2) is 0 Å². The highest BCUT2D eigenvalue weighted by molar-refractivity contribution is 6.21. The molecule has 3 amide bonds. The fourth-order valence-electron chi connectivity index (χ4n) is 3.50. The highest BCUT2D eigenvalue weighted by Gasteiger charge is 2.45. The highest BCUT2D eigenvalue weighted by Crippen LogP contribution is 2.44. The second-order valence-electron chi connectivity index (χ2n) is 6.98. The molecular weight excluding hydrogens is 336 g/mol. The van der Waals surface area contributed by atoms with E-state index in [9.17, 15) is 24.3 Å². The average Bonchev–Trinajstić information content (AvgIpc) is 2.82. The number of nitrogens with zero attached hydrogens (tertiary/aromatic N) is 1. The normalized spacial score (nSPS) is 17.6. The molecule has 0 spiro atoms. The van der Waals surface area contributed by atoms with Crippen molar-refractivity contribution in [2.24, 2.45) is 5.41 Å². The predicted molar refractivity (Wildman–Crippen MR) is 92.6 cm³/mol. The largest absolute Gasteiger partial charge is 0.481 e. The van der Waals surface area contributed by atoms with Crippen LogP contribution in [0.4, 0.5) is 0 Å². The highest BCUT2D eigenvalue weighted by atomic mass is 16.4. The average molecular weight is 358 g/mol. The van der Waals surface area contributed by atoms with E-state index in [1.165, 1.54) is 4.90 Å². The molecular formula is C19H22N2O5. The number of carbonyl (C=O) groups excluding carboxylic acids is 3. The van der Waals surface area contributed by atoms with Crippen molar-refractivity contribution in [3.8, 4) is 0 Å². The van der Waals surface area contributed by atoms with E-state index in [1.54, 1.807) is 24.3 Å². The van der Waals surface area contributed by atoms with Crippen molar-refractivity contribution in [2.45, 2.75) is 38.5 Å². The van der Waals surface area contributed by atoms with Gasteiger partial charge < -0.3 is 10.4 Å². The molecule has 26 heavy (non-hydrogen) atoms. The van der Waals surface area contributed by atoms with E-state index in [1.807, 2.05) is 0 Å². The van der Waals surface area contributed by atoms with E-state index in [0.717, 1.165) is 6.42 Å². The Labute approximate surface area is 151 Å². The smallest absolute Gasteiger partial charge is 0.310 e. The van der Waals surface area contributed by atoms with Crippen LogP contribution in [-0.4, -0.2) is 46.8 Å². The zero-order valence-corrected chi connectivity index (χ0v) is 14.5. The number of carboxylic acid groups (broad SMARTS) is 1. The number of carboxylic acids is 1. The lowest BCUT2D eigenvalue weighted by molar-refractivity contribution is -0.157. The summed E-state index contributed by atoms with van der Waals surface area (Å²) >= 11 is 0. The Bertz CT molecular complexity index is 719. The molecule has 1 saturated carbocycles. The van der Waals surface area contributed by atoms with Crippen LogP contribution in [0.25, 0.3) is 0 Å². The van der Waals surface area contributed by atoms with Gasteiger partial charge in [-0.2, -0.15) is 0 Å². The number of hydrogen-bond donors (Lipinski definition) is 2. The Kier molecular flexibility index (Phi) is 5.06. The van der Waals surface area contributed by atoms with Gasteiger partial charge in [-0.15, -0.1) is 0 Å². The summed E-state index contributed by atoms with van der Waals surface area (Å²) in [6.45, 7) is 0.707. The van der Waals surface area contributed by atoms with Gasteiger partial charge in [-0.3, -0.25) is 24.1 Å². The van der Waals surface area contributed by atoms with Crippen molar-refractivity contribution in [1.82, 2.24) is 10.2 Å². The van der Waals surface area contributed by atoms with Crippen molar-refractivity contribution in [3.63, 3.8) is 0 Å². The molecule has 0 aromatic heterocycles. The molecule has 7 nitrogen and oxygen atoms in total. The first-order valence-corrected chi connectivity index (χ1v) is 8.90. The Balaban J connectivity index is 1.39. The van der Waals surface area contributed by atoms with E-state index in [0.29, 0.717) is 49.9 Å². The number of amides is 3. The summed E-state index contributed by atoms with van der Waals surface area (Å²) in [5.41, 5.74) is -0.0138. The third kappa shape index (κ3) is 3.34. The Morgan fingerprint density at radius 3 is 2.19 bits per heavy atom. The Morgan fingerprint density at radius 1 is 1.08 bits per heavy atom. The molecule has 1 aromatic carbocycles. The molecule has 138 valence electrons. The van der Waals surface area contributed by atoms with Crippen molar-refractivity contribution in [1.29, 1.82) is 0 Å². The fourth-order valence-corrected chi connectivity index (χ4v) is 3.50. The minimum absolute atomic E-state index is 0.0146. The van der Waals surface area contributed by atoms with Gasteiger partial charge in [0.2, 0.25) is 5.91 Å². The number of unbranched alkanes of at least 4 members (excludes halogenated alkanes) is 1. The summed E-state index contributed by atoms with van der Waals surface area (Å²) in [6.07, 6.45) is 3.15. The second-order valence-corrected chi connectivity index (χ2v) is 6.98. The van der Waals surface area contributed by atoms with E-state index < -0.39 is 11.4 Å². The van der Waals surface area contributed by atoms with Crippen LogP contribution in [0.3, 0.4) is 0 Å². The molecule has 0 bridgehead atoms. The van der Waals surface area contributed by atoms with Crippen LogP contribution >= 0.6 is 0 Å². The van der Waals surface area contributed by atoms with Gasteiger partial charge in [0.1, 0.15) is 0 Å². The van der Waals surface area contributed by atoms with Gasteiger partial charge in [-0.25, -0.2) is 0 Å². The number of nitrogens with one attached hydrogen (secondary N) is 1. The maximum absolute atomic E-state index is 12.2. The molecule has 1 fully saturated rings. The van der Waals surface area contributed by atoms with Gasteiger partial charge in [-0.05, 0) is 37.8 Å². The molecule has 2 aliphatic rings. The minimum atomic E-state index is -0.899. The van der Waals surface area contributed by atoms with E-state index in [4.69, 9.17) is 0 Å². The van der Waals surface area contributed by atoms with Gasteiger partial charge in [0.05, 0.1) is 16.5 Å². The van der Waals surface area contributed by atoms with Crippen LogP contribution < -0.4 is 5.32 Å². The summed E-state index contributed by atoms with van der Waals surface area (Å²) in [6, 6.07) is 6.76. The standard InChI is InChI=1S/C19H22N2O5/c22-15(12-19(18(25)26)8-5-9-19)20-10-3-4-11-21-16(23)13-6-1-2-7-14(13)17(21)24/h1-2,6-7H,3-5,8-12H2,(H,20,22)(H,25,26). The number of hydrogen-bond acceptors (Lipinski definition) is 4. The summed E-state index contributed by atoms with van der Waals surface area (Å²) in [7, 11) is 0. The van der Waals surface area contributed by atoms with Crippen LogP contribution in [0.5, 0.6) is 0 Å². The third-order valence-electron chi connectivity index (χ3n) is 5.27. The van der Waals surface area contributed by atoms with Gasteiger partial charge in [0, 0.05) is 19.5 Å². The van der Waals surface area contributed by atoms with Crippen LogP contribution in [0.15, 0.2) is 24.3 Å². The molecule has 0 atom stereocenters. The van der Waals surface area contributed by atoms with Gasteiger partial charge in [-0.1, -0.05) is 18.6 Å². The van der Waals surface area contributed by atoms with Crippen molar-refractivity contribution in [3.05, 3.63) is 35.4 Å². The van der Waals surface area contributed by atoms with Crippen LogP contribution in [0.2, 0.25) is 0 Å². The SMILES string of the molecule is O=C(CC1(C(=O)O)CCC1)NCCCCN1C(=O)c2ccccc2C1=O. The molecule has 1 aliphatic carbocycles. The van der Waals surface area contributed by atoms with Crippen LogP contribution in [0.1, 0.15) is 59.2 Å². The topological polar surface area (TPSA) is 104 Å². The van der Waals surface area contributed by atoms with E-state index >= 15 is 0 Å². The molecule has 0 radical (unpaired) electrons. The zero-order chi connectivity index (χ0) is 18.7. The Hall–Kier alpha value is -2.70. The molecule has 0 saturated heterocycles. The number of benzene rings is 1. The lowest BCUT2D eigenvalue weighted by Crippen LogP contribution is -2.42. The molecule has 7 heteroatoms. The number of carbonyl (C=O) groups is 4. The monoisotopic (exact) mass is 358 g/mol. The molecule has 1 heterocycles. The van der Waals surface area contributed by atoms with Crippen molar-refractivity contribution < 1.29 is 24.3 Å². The van der Waals surface area contributed by atoms with Gasteiger partial charge in [0.25, 0.3) is 11.8 Å². The number of aliphatic carboxylic acids is 1. The van der Waals surface area contributed by atoms with Gasteiger partial charge >= 0.3 is 5.97 Å². The third-order valence-corrected chi connectivity index (χ3v) is 5.27. The number of imide groups is 1. The van der Waals surface area contributed by atoms with Crippen molar-refractivity contribution >= 4 is 23.7 Å². The van der Waals surface area contributed by atoms with E-state index in [-0.39, 0.29) is 24.1 Å². The summed E-state index contributed by atoms with van der Waals surface area (Å²) in [5, 5.41) is 12.0. The molecule has 0 unspecified atom stereocenters. The molecule has 3 rings (SSSR count). The minimum Gasteiger partial charge on any atom is -0.481 e. The first kappa shape index (κ1) is 18.1. The zero-order valence-electron chi connectivity index (χ0n) is 14.5. The maximum Gasteiger partial charge on any atom is 0.310 e. The quantitative estimate of drug-likeness (QED) is 0.545. The maximum atomic E-state index is 12.2. The fraction of sp³-hybridized carbons (Fsp3) is 0.474. The number of fused-ring (bicyclic) bond motifs is 1. The van der Waals surface area contributed by atoms with E-state index in [2.05, 4.69) is 5.32 Å². The Morgan fingerprint density at radius 2 is 1.69 bits per heavy atom. The summed E-state index contributed by atoms with van der Waals surface area (Å²) < 4.78 is 0. The van der Waals surface area contributed by atoms with Crippen molar-refractivity contribution in [2.75, 3.05) is 13.1 Å². The van der Waals surface area contributed by atoms with Crippen LogP contribution in [0, 0.1) is 5.41 Å². The molecule has 1 aromatic rings. The number of rotatable bonds is 8. The second kappa shape index (κ2) is 7.27. The summed E-state index contributed by atoms with van der Waals surface area (Å²) in [4.78, 5) is 48.9. The first-order chi connectivity index (χ1) is 12.4.